The van der Waals surface area contributed by atoms with Crippen LogP contribution in [0.15, 0.2) is 31.1 Å². The number of aryl methyl sites for hydroxylation is 1. The lowest BCUT2D eigenvalue weighted by Crippen LogP contribution is -3.00. The fraction of sp³-hybridized carbons (Fsp3) is 0.667. The van der Waals surface area contributed by atoms with Gasteiger partial charge in [0.15, 0.2) is 0 Å². The minimum atomic E-state index is -0.744. The predicted molar refractivity (Wildman–Crippen MR) is 95.3 cm³/mol. The number of rotatable bonds is 5. The minimum absolute atomic E-state index is 0. The Balaban J connectivity index is -0.000000300. The van der Waals surface area contributed by atoms with E-state index in [-0.39, 0.29) is 38.9 Å². The summed E-state index contributed by atoms with van der Waals surface area (Å²) in [6, 6.07) is 0. The third-order valence-electron chi connectivity index (χ3n) is 2.62. The standard InChI is InChI=1S/C7H14N2O2.C4H6N2.C3H7ClO2.CH4.ClH/c1-8-2-3-9(6-8)4-7(11)5-10;1-6-3-2-5-4-6;4-1-3(6)2-5;;/h2-3,7,10-11H,4-6H2,1H3;2-4H,1H3;3,5-6H,1-2H2;1H4;1H/p-1/t7-;;3-;;/m0.1../s1. The number of nitrogens with zero attached hydrogens (tertiary/aromatic N) is 4. The van der Waals surface area contributed by atoms with E-state index in [1.165, 1.54) is 0 Å². The number of hydrogen-bond acceptors (Lipinski definition) is 7. The summed E-state index contributed by atoms with van der Waals surface area (Å²) < 4.78 is 1.89. The Hall–Kier alpha value is -1.03. The van der Waals surface area contributed by atoms with Gasteiger partial charge in [0.1, 0.15) is 0 Å². The van der Waals surface area contributed by atoms with E-state index in [0.29, 0.717) is 6.54 Å². The fourth-order valence-corrected chi connectivity index (χ4v) is 1.51. The molecule has 0 fully saturated rings. The lowest BCUT2D eigenvalue weighted by molar-refractivity contribution is -0.00000949. The highest BCUT2D eigenvalue weighted by Gasteiger charge is 2.11. The van der Waals surface area contributed by atoms with Crippen molar-refractivity contribution in [1.82, 2.24) is 19.4 Å². The van der Waals surface area contributed by atoms with Crippen LogP contribution in [0.5, 0.6) is 0 Å². The molecule has 0 unspecified atom stereocenters. The third-order valence-corrected chi connectivity index (χ3v) is 2.97. The summed E-state index contributed by atoms with van der Waals surface area (Å²) in [5, 5.41) is 33.9. The number of imidazole rings is 1. The predicted octanol–water partition coefficient (Wildman–Crippen LogP) is -3.35. The van der Waals surface area contributed by atoms with Gasteiger partial charge in [0, 0.05) is 45.4 Å². The zero-order valence-corrected chi connectivity index (χ0v) is 15.4. The molecule has 0 saturated carbocycles. The number of β-amino-alcohol motifs (C(OH)–C–C–N with tert-alkyl or cyclic N) is 1. The molecule has 0 aliphatic carbocycles. The minimum Gasteiger partial charge on any atom is -1.00 e. The molecule has 0 saturated heterocycles. The molecule has 1 aliphatic rings. The van der Waals surface area contributed by atoms with Gasteiger partial charge in [0.2, 0.25) is 0 Å². The largest absolute Gasteiger partial charge is 1.00 e. The second kappa shape index (κ2) is 17.8. The molecule has 0 spiro atoms. The van der Waals surface area contributed by atoms with Crippen LogP contribution in [0.2, 0.25) is 0 Å². The van der Waals surface area contributed by atoms with Crippen LogP contribution in [0, 0.1) is 0 Å². The molecule has 10 heteroatoms. The van der Waals surface area contributed by atoms with Crippen LogP contribution in [0.25, 0.3) is 0 Å². The van der Waals surface area contributed by atoms with Crippen molar-refractivity contribution in [2.45, 2.75) is 19.6 Å². The molecule has 1 aliphatic heterocycles. The SMILES string of the molecule is C.CN1C=CN(C[C@H](O)CO)C1.Cn1ccnc1.OC[C@H](O)CCl.[Cl-]. The number of hydrogen-bond donors (Lipinski definition) is 4. The lowest BCUT2D eigenvalue weighted by atomic mass is 10.3. The lowest BCUT2D eigenvalue weighted by Gasteiger charge is -2.20. The summed E-state index contributed by atoms with van der Waals surface area (Å²) in [4.78, 5) is 7.73. The van der Waals surface area contributed by atoms with Crippen LogP contribution in [0.4, 0.5) is 0 Å². The summed E-state index contributed by atoms with van der Waals surface area (Å²) in [5.41, 5.74) is 0. The Bertz CT molecular complexity index is 406. The molecule has 2 atom stereocenters. The second-order valence-corrected chi connectivity index (χ2v) is 5.33. The summed E-state index contributed by atoms with van der Waals surface area (Å²) in [5.74, 6) is 0.108. The highest BCUT2D eigenvalue weighted by molar-refractivity contribution is 6.18. The Labute approximate surface area is 161 Å². The average molecular weight is 402 g/mol. The number of aliphatic hydroxyl groups excluding tert-OH is 4. The average Bonchev–Trinajstić information content (AvgIpc) is 3.18. The smallest absolute Gasteiger partial charge is 0.0945 e. The maximum atomic E-state index is 9.06. The van der Waals surface area contributed by atoms with Gasteiger partial charge in [-0.25, -0.2) is 4.98 Å². The molecule has 0 aromatic carbocycles. The molecule has 2 heterocycles. The maximum absolute atomic E-state index is 9.06. The van der Waals surface area contributed by atoms with E-state index < -0.39 is 12.2 Å². The van der Waals surface area contributed by atoms with Crippen molar-refractivity contribution < 1.29 is 32.8 Å². The van der Waals surface area contributed by atoms with E-state index in [1.54, 1.807) is 12.5 Å². The fourth-order valence-electron chi connectivity index (χ4n) is 1.41. The van der Waals surface area contributed by atoms with Crippen LogP contribution in [-0.2, 0) is 7.05 Å². The van der Waals surface area contributed by atoms with Crippen LogP contribution >= 0.6 is 11.6 Å². The zero-order chi connectivity index (χ0) is 17.7. The van der Waals surface area contributed by atoms with E-state index in [0.717, 1.165) is 6.67 Å². The van der Waals surface area contributed by atoms with Crippen LogP contribution in [-0.4, -0.2) is 91.3 Å². The van der Waals surface area contributed by atoms with Gasteiger partial charge in [-0.3, -0.25) is 0 Å². The normalized spacial score (nSPS) is 14.2. The molecule has 1 aromatic heterocycles. The van der Waals surface area contributed by atoms with E-state index in [1.807, 2.05) is 47.1 Å². The van der Waals surface area contributed by atoms with Gasteiger partial charge >= 0.3 is 0 Å². The van der Waals surface area contributed by atoms with Crippen molar-refractivity contribution in [3.63, 3.8) is 0 Å². The first-order chi connectivity index (χ1) is 10.9. The maximum Gasteiger partial charge on any atom is 0.0945 e. The van der Waals surface area contributed by atoms with Gasteiger partial charge in [-0.05, 0) is 0 Å². The quantitative estimate of drug-likeness (QED) is 0.382. The highest BCUT2D eigenvalue weighted by atomic mass is 35.5. The molecule has 8 nitrogen and oxygen atoms in total. The van der Waals surface area contributed by atoms with E-state index in [2.05, 4.69) is 4.98 Å². The summed E-state index contributed by atoms with van der Waals surface area (Å²) in [7, 11) is 3.90. The van der Waals surface area contributed by atoms with Crippen molar-refractivity contribution in [3.8, 4) is 0 Å². The summed E-state index contributed by atoms with van der Waals surface area (Å²) in [6.07, 6.45) is 7.85. The van der Waals surface area contributed by atoms with Gasteiger partial charge < -0.3 is 47.2 Å². The Morgan fingerprint density at radius 3 is 1.96 bits per heavy atom. The van der Waals surface area contributed by atoms with E-state index >= 15 is 0 Å². The molecular weight excluding hydrogens is 371 g/mol. The molecule has 2 rings (SSSR count). The van der Waals surface area contributed by atoms with Crippen molar-refractivity contribution in [2.75, 3.05) is 39.4 Å². The van der Waals surface area contributed by atoms with Crippen molar-refractivity contribution in [3.05, 3.63) is 31.1 Å². The Morgan fingerprint density at radius 1 is 1.12 bits per heavy atom. The first-order valence-electron chi connectivity index (χ1n) is 7.11. The first kappa shape index (κ1) is 28.8. The summed E-state index contributed by atoms with van der Waals surface area (Å²) in [6.45, 7) is 0.867. The van der Waals surface area contributed by atoms with E-state index in [9.17, 15) is 0 Å². The van der Waals surface area contributed by atoms with Crippen LogP contribution < -0.4 is 12.4 Å². The van der Waals surface area contributed by atoms with Crippen molar-refractivity contribution >= 4 is 11.6 Å². The molecular formula is C15H31Cl2N4O4-. The van der Waals surface area contributed by atoms with Gasteiger partial charge in [-0.1, -0.05) is 7.43 Å². The molecule has 4 N–H and O–H groups in total. The number of aliphatic hydroxyl groups is 4. The Kier molecular flexibility index (Phi) is 20.5. The van der Waals surface area contributed by atoms with Gasteiger partial charge in [0.05, 0.1) is 44.3 Å². The highest BCUT2D eigenvalue weighted by Crippen LogP contribution is 2.03. The number of alkyl halides is 1. The van der Waals surface area contributed by atoms with Gasteiger partial charge in [0.25, 0.3) is 0 Å². The molecule has 1 aromatic rings. The molecule has 0 bridgehead atoms. The third kappa shape index (κ3) is 16.2. The van der Waals surface area contributed by atoms with Crippen molar-refractivity contribution in [2.24, 2.45) is 7.05 Å². The molecule has 0 amide bonds. The number of aromatic nitrogens is 2. The topological polar surface area (TPSA) is 105 Å². The van der Waals surface area contributed by atoms with Gasteiger partial charge in [-0.2, -0.15) is 0 Å². The van der Waals surface area contributed by atoms with Crippen molar-refractivity contribution in [1.29, 1.82) is 0 Å². The Morgan fingerprint density at radius 2 is 1.72 bits per heavy atom. The van der Waals surface area contributed by atoms with Crippen LogP contribution in [0.1, 0.15) is 7.43 Å². The molecule has 150 valence electrons. The van der Waals surface area contributed by atoms with E-state index in [4.69, 9.17) is 32.0 Å². The zero-order valence-electron chi connectivity index (χ0n) is 13.9. The number of halogens is 2. The molecule has 0 radical (unpaired) electrons. The van der Waals surface area contributed by atoms with Crippen LogP contribution in [0.3, 0.4) is 0 Å². The summed E-state index contributed by atoms with van der Waals surface area (Å²) >= 11 is 5.04. The first-order valence-corrected chi connectivity index (χ1v) is 7.64. The van der Waals surface area contributed by atoms with Gasteiger partial charge in [-0.15, -0.1) is 11.6 Å². The monoisotopic (exact) mass is 401 g/mol. The molecule has 25 heavy (non-hydrogen) atoms. The second-order valence-electron chi connectivity index (χ2n) is 5.02.